The summed E-state index contributed by atoms with van der Waals surface area (Å²) in [6, 6.07) is 5.53. The van der Waals surface area contributed by atoms with Crippen LogP contribution < -0.4 is 15.2 Å². The fourth-order valence-corrected chi connectivity index (χ4v) is 3.53. The van der Waals surface area contributed by atoms with Gasteiger partial charge in [0.1, 0.15) is 16.5 Å². The highest BCUT2D eigenvalue weighted by atomic mass is 32.2. The van der Waals surface area contributed by atoms with E-state index < -0.39 is 0 Å². The van der Waals surface area contributed by atoms with Crippen LogP contribution >= 0.6 is 23.1 Å². The molecule has 0 fully saturated rings. The van der Waals surface area contributed by atoms with Crippen molar-refractivity contribution in [3.05, 3.63) is 28.8 Å². The minimum atomic E-state index is -0.134. The van der Waals surface area contributed by atoms with E-state index in [0.717, 1.165) is 32.2 Å². The van der Waals surface area contributed by atoms with Gasteiger partial charge in [-0.25, -0.2) is 0 Å². The molecule has 0 bridgehead atoms. The van der Waals surface area contributed by atoms with Crippen LogP contribution in [0.5, 0.6) is 11.5 Å². The summed E-state index contributed by atoms with van der Waals surface area (Å²) in [5.41, 5.74) is 7.19. The summed E-state index contributed by atoms with van der Waals surface area (Å²) < 4.78 is 11.5. The van der Waals surface area contributed by atoms with Crippen molar-refractivity contribution in [1.29, 1.82) is 0 Å². The summed E-state index contributed by atoms with van der Waals surface area (Å²) in [4.78, 5) is 0. The monoisotopic (exact) mass is 311 g/mol. The molecule has 1 unspecified atom stereocenters. The smallest absolute Gasteiger partial charge is 0.174 e. The molecule has 20 heavy (non-hydrogen) atoms. The molecule has 1 aromatic carbocycles. The van der Waals surface area contributed by atoms with E-state index in [4.69, 9.17) is 15.2 Å². The molecule has 0 spiro atoms. The Morgan fingerprint density at radius 1 is 1.30 bits per heavy atom. The van der Waals surface area contributed by atoms with Crippen molar-refractivity contribution in [2.24, 2.45) is 5.73 Å². The highest BCUT2D eigenvalue weighted by Gasteiger charge is 2.14. The first-order chi connectivity index (χ1) is 9.63. The fraction of sp³-hybridized carbons (Fsp3) is 0.385. The molecule has 1 atom stereocenters. The van der Waals surface area contributed by atoms with Crippen LogP contribution in [-0.4, -0.2) is 30.2 Å². The zero-order chi connectivity index (χ0) is 14.5. The van der Waals surface area contributed by atoms with Crippen LogP contribution in [0.15, 0.2) is 22.5 Å². The normalized spacial score (nSPS) is 12.2. The van der Waals surface area contributed by atoms with Gasteiger partial charge in [-0.15, -0.1) is 10.2 Å². The molecule has 0 aliphatic carbocycles. The van der Waals surface area contributed by atoms with Crippen LogP contribution in [0.2, 0.25) is 0 Å². The lowest BCUT2D eigenvalue weighted by Gasteiger charge is -2.15. The molecule has 0 saturated heterocycles. The lowest BCUT2D eigenvalue weighted by atomic mass is 10.1. The van der Waals surface area contributed by atoms with Crippen molar-refractivity contribution < 1.29 is 9.47 Å². The van der Waals surface area contributed by atoms with Crippen molar-refractivity contribution >= 4 is 23.1 Å². The quantitative estimate of drug-likeness (QED) is 0.827. The molecular weight excluding hydrogens is 294 g/mol. The van der Waals surface area contributed by atoms with Crippen molar-refractivity contribution in [2.45, 2.75) is 17.3 Å². The van der Waals surface area contributed by atoms with Gasteiger partial charge >= 0.3 is 0 Å². The van der Waals surface area contributed by atoms with Crippen molar-refractivity contribution in [1.82, 2.24) is 10.2 Å². The number of aromatic nitrogens is 2. The molecule has 7 heteroatoms. The van der Waals surface area contributed by atoms with E-state index in [2.05, 4.69) is 10.2 Å². The number of hydrogen-bond donors (Lipinski definition) is 1. The first kappa shape index (κ1) is 15.1. The minimum Gasteiger partial charge on any atom is -0.497 e. The summed E-state index contributed by atoms with van der Waals surface area (Å²) in [5.74, 6) is 2.22. The summed E-state index contributed by atoms with van der Waals surface area (Å²) >= 11 is 3.18. The van der Waals surface area contributed by atoms with E-state index in [1.54, 1.807) is 37.3 Å². The van der Waals surface area contributed by atoms with E-state index in [1.807, 2.05) is 25.1 Å². The summed E-state index contributed by atoms with van der Waals surface area (Å²) in [7, 11) is 3.26. The van der Waals surface area contributed by atoms with Gasteiger partial charge in [-0.3, -0.25) is 0 Å². The van der Waals surface area contributed by atoms with Gasteiger partial charge in [0.2, 0.25) is 0 Å². The zero-order valence-electron chi connectivity index (χ0n) is 11.6. The van der Waals surface area contributed by atoms with E-state index in [0.29, 0.717) is 0 Å². The number of methoxy groups -OCH3 is 2. The molecule has 1 aromatic heterocycles. The van der Waals surface area contributed by atoms with E-state index in [9.17, 15) is 0 Å². The molecule has 2 rings (SSSR count). The summed E-state index contributed by atoms with van der Waals surface area (Å²) in [6.07, 6.45) is 0. The predicted octanol–water partition coefficient (Wildman–Crippen LogP) is 2.66. The third kappa shape index (κ3) is 3.62. The molecule has 5 nitrogen and oxygen atoms in total. The number of nitrogens with two attached hydrogens (primary N) is 1. The molecule has 0 saturated carbocycles. The third-order valence-electron chi connectivity index (χ3n) is 2.73. The van der Waals surface area contributed by atoms with Crippen LogP contribution in [0.4, 0.5) is 0 Å². The van der Waals surface area contributed by atoms with Crippen LogP contribution in [0.3, 0.4) is 0 Å². The Morgan fingerprint density at radius 2 is 2.10 bits per heavy atom. The predicted molar refractivity (Wildman–Crippen MR) is 81.8 cm³/mol. The maximum atomic E-state index is 6.23. The number of thioether (sulfide) groups is 1. The van der Waals surface area contributed by atoms with Crippen LogP contribution in [-0.2, 0) is 0 Å². The first-order valence-corrected chi connectivity index (χ1v) is 7.84. The Hall–Kier alpha value is -1.31. The second kappa shape index (κ2) is 6.92. The van der Waals surface area contributed by atoms with Gasteiger partial charge in [0.25, 0.3) is 0 Å². The fourth-order valence-electron chi connectivity index (χ4n) is 1.71. The number of ether oxygens (including phenoxy) is 2. The average molecular weight is 311 g/mol. The molecule has 108 valence electrons. The second-order valence-corrected chi connectivity index (χ2v) is 6.56. The molecule has 0 aliphatic heterocycles. The molecular formula is C13H17N3O2S2. The Balaban J connectivity index is 2.06. The molecule has 1 heterocycles. The highest BCUT2D eigenvalue weighted by molar-refractivity contribution is 8.01. The summed E-state index contributed by atoms with van der Waals surface area (Å²) in [6.45, 7) is 1.94. The molecule has 0 aliphatic rings. The second-order valence-electron chi connectivity index (χ2n) is 4.11. The van der Waals surface area contributed by atoms with Gasteiger partial charge in [-0.1, -0.05) is 29.2 Å². The van der Waals surface area contributed by atoms with Gasteiger partial charge in [0.15, 0.2) is 4.34 Å². The first-order valence-electron chi connectivity index (χ1n) is 6.04. The Morgan fingerprint density at radius 3 is 2.70 bits per heavy atom. The molecule has 0 amide bonds. The van der Waals surface area contributed by atoms with E-state index in [-0.39, 0.29) is 6.04 Å². The van der Waals surface area contributed by atoms with Crippen LogP contribution in [0.25, 0.3) is 0 Å². The average Bonchev–Trinajstić information content (AvgIpc) is 2.89. The van der Waals surface area contributed by atoms with Gasteiger partial charge in [0.05, 0.1) is 14.2 Å². The van der Waals surface area contributed by atoms with Gasteiger partial charge in [-0.05, 0) is 13.0 Å². The molecule has 0 radical (unpaired) electrons. The van der Waals surface area contributed by atoms with Crippen molar-refractivity contribution in [3.63, 3.8) is 0 Å². The van der Waals surface area contributed by atoms with Crippen LogP contribution in [0.1, 0.15) is 16.6 Å². The number of benzene rings is 1. The third-order valence-corrected chi connectivity index (χ3v) is 4.83. The number of rotatable bonds is 6. The number of hydrogen-bond acceptors (Lipinski definition) is 7. The SMILES string of the molecule is COc1ccc(C(N)CSc2nnc(C)s2)c(OC)c1. The molecule has 2 N–H and O–H groups in total. The van der Waals surface area contributed by atoms with Gasteiger partial charge < -0.3 is 15.2 Å². The van der Waals surface area contributed by atoms with Gasteiger partial charge in [0, 0.05) is 23.4 Å². The Labute approximate surface area is 126 Å². The topological polar surface area (TPSA) is 70.3 Å². The lowest BCUT2D eigenvalue weighted by Crippen LogP contribution is -2.14. The minimum absolute atomic E-state index is 0.134. The lowest BCUT2D eigenvalue weighted by molar-refractivity contribution is 0.389. The van der Waals surface area contributed by atoms with Crippen molar-refractivity contribution in [3.8, 4) is 11.5 Å². The van der Waals surface area contributed by atoms with E-state index >= 15 is 0 Å². The highest BCUT2D eigenvalue weighted by Crippen LogP contribution is 2.32. The van der Waals surface area contributed by atoms with Gasteiger partial charge in [-0.2, -0.15) is 0 Å². The zero-order valence-corrected chi connectivity index (χ0v) is 13.3. The molecule has 2 aromatic rings. The van der Waals surface area contributed by atoms with E-state index in [1.165, 1.54) is 0 Å². The summed E-state index contributed by atoms with van der Waals surface area (Å²) in [5, 5.41) is 9.03. The number of aryl methyl sites for hydroxylation is 1. The largest absolute Gasteiger partial charge is 0.497 e. The maximum Gasteiger partial charge on any atom is 0.174 e. The van der Waals surface area contributed by atoms with Crippen molar-refractivity contribution in [2.75, 3.05) is 20.0 Å². The maximum absolute atomic E-state index is 6.23. The Kier molecular flexibility index (Phi) is 5.22. The Bertz CT molecular complexity index is 574. The number of nitrogens with zero attached hydrogens (tertiary/aromatic N) is 2. The standard InChI is InChI=1S/C13H17N3O2S2/c1-8-15-16-13(20-8)19-7-11(14)10-5-4-9(17-2)6-12(10)18-3/h4-6,11H,7,14H2,1-3H3. The van der Waals surface area contributed by atoms with Crippen LogP contribution in [0, 0.1) is 6.92 Å².